The number of hydrogen-bond donors (Lipinski definition) is 0. The topological polar surface area (TPSA) is 56.6 Å². The van der Waals surface area contributed by atoms with Gasteiger partial charge < -0.3 is 0 Å². The van der Waals surface area contributed by atoms with Crippen molar-refractivity contribution in [3.05, 3.63) is 74.1 Å². The zero-order valence-corrected chi connectivity index (χ0v) is 19.0. The van der Waals surface area contributed by atoms with Crippen LogP contribution >= 0.6 is 22.7 Å². The van der Waals surface area contributed by atoms with Crippen LogP contribution < -0.4 is 10.4 Å². The molecule has 0 spiro atoms. The zero-order chi connectivity index (χ0) is 21.3. The van der Waals surface area contributed by atoms with Crippen molar-refractivity contribution in [2.24, 2.45) is 17.1 Å². The molecule has 30 heavy (non-hydrogen) atoms. The summed E-state index contributed by atoms with van der Waals surface area (Å²) in [6, 6.07) is 13.7. The van der Waals surface area contributed by atoms with Crippen LogP contribution in [0.25, 0.3) is 16.3 Å². The number of para-hydroxylation sites is 1. The van der Waals surface area contributed by atoms with E-state index in [1.54, 1.807) is 16.0 Å². The first kappa shape index (κ1) is 20.3. The Labute approximate surface area is 182 Å². The molecule has 4 aromatic rings. The molecular formula is C22H23N5OS2. The van der Waals surface area contributed by atoms with Gasteiger partial charge in [0.05, 0.1) is 22.0 Å². The molecule has 1 aromatic carbocycles. The van der Waals surface area contributed by atoms with E-state index in [0.717, 1.165) is 34.1 Å². The van der Waals surface area contributed by atoms with E-state index in [1.807, 2.05) is 77.4 Å². The molecule has 0 N–H and O–H groups in total. The number of rotatable bonds is 5. The third kappa shape index (κ3) is 3.64. The molecule has 0 saturated carbocycles. The highest BCUT2D eigenvalue weighted by Crippen LogP contribution is 2.26. The van der Waals surface area contributed by atoms with Gasteiger partial charge >= 0.3 is 0 Å². The molecule has 3 heterocycles. The standard InChI is InChI=1S/C22H23N5OS2/c1-5-15(2)24-26-18(19-12-9-13-29-19)14-30-22(26)23-20-16(3)25(4)27(21(20)28)17-10-7-6-8-11-17/h6-14H,5H2,1-4H3. The summed E-state index contributed by atoms with van der Waals surface area (Å²) in [5, 5.41) is 8.87. The number of benzene rings is 1. The molecule has 6 nitrogen and oxygen atoms in total. The van der Waals surface area contributed by atoms with Gasteiger partial charge in [-0.15, -0.1) is 22.7 Å². The Morgan fingerprint density at radius 2 is 1.87 bits per heavy atom. The molecule has 3 aromatic heterocycles. The van der Waals surface area contributed by atoms with Crippen molar-refractivity contribution in [2.45, 2.75) is 27.2 Å². The highest BCUT2D eigenvalue weighted by molar-refractivity contribution is 7.14. The molecule has 4 rings (SSSR count). The molecule has 0 aliphatic rings. The summed E-state index contributed by atoms with van der Waals surface area (Å²) in [5.41, 5.74) is 3.89. The van der Waals surface area contributed by atoms with E-state index in [-0.39, 0.29) is 5.56 Å². The Hall–Kier alpha value is -2.97. The molecule has 0 fully saturated rings. The van der Waals surface area contributed by atoms with Gasteiger partial charge in [0.2, 0.25) is 4.80 Å². The van der Waals surface area contributed by atoms with Crippen LogP contribution in [0.15, 0.2) is 68.1 Å². The van der Waals surface area contributed by atoms with Gasteiger partial charge in [-0.05, 0) is 43.8 Å². The minimum atomic E-state index is -0.144. The quantitative estimate of drug-likeness (QED) is 0.408. The van der Waals surface area contributed by atoms with Crippen LogP contribution in [0.3, 0.4) is 0 Å². The number of nitrogens with zero attached hydrogens (tertiary/aromatic N) is 5. The Kier molecular flexibility index (Phi) is 5.69. The van der Waals surface area contributed by atoms with Gasteiger partial charge in [-0.2, -0.15) is 5.10 Å². The first-order valence-electron chi connectivity index (χ1n) is 9.69. The van der Waals surface area contributed by atoms with E-state index < -0.39 is 0 Å². The highest BCUT2D eigenvalue weighted by Gasteiger charge is 2.17. The highest BCUT2D eigenvalue weighted by atomic mass is 32.1. The van der Waals surface area contributed by atoms with E-state index >= 15 is 0 Å². The fraction of sp³-hybridized carbons (Fsp3) is 0.227. The third-order valence-electron chi connectivity index (χ3n) is 4.97. The van der Waals surface area contributed by atoms with Gasteiger partial charge in [-0.1, -0.05) is 31.2 Å². The predicted octanol–water partition coefficient (Wildman–Crippen LogP) is 4.94. The molecular weight excluding hydrogens is 414 g/mol. The van der Waals surface area contributed by atoms with E-state index in [2.05, 4.69) is 13.0 Å². The van der Waals surface area contributed by atoms with Crippen molar-refractivity contribution in [1.29, 1.82) is 0 Å². The molecule has 0 bridgehead atoms. The minimum Gasteiger partial charge on any atom is -0.283 e. The second-order valence-electron chi connectivity index (χ2n) is 6.90. The molecule has 0 unspecified atom stereocenters. The predicted molar refractivity (Wildman–Crippen MR) is 125 cm³/mol. The van der Waals surface area contributed by atoms with Crippen molar-refractivity contribution in [3.8, 4) is 16.3 Å². The van der Waals surface area contributed by atoms with E-state index in [4.69, 9.17) is 10.1 Å². The number of thiophene rings is 1. The molecule has 8 heteroatoms. The van der Waals surface area contributed by atoms with Gasteiger partial charge in [0.25, 0.3) is 5.56 Å². The maximum absolute atomic E-state index is 13.3. The first-order chi connectivity index (χ1) is 14.5. The molecule has 154 valence electrons. The summed E-state index contributed by atoms with van der Waals surface area (Å²) in [5.74, 6) is 0. The van der Waals surface area contributed by atoms with E-state index in [0.29, 0.717) is 10.5 Å². The van der Waals surface area contributed by atoms with Crippen molar-refractivity contribution in [1.82, 2.24) is 14.0 Å². The lowest BCUT2D eigenvalue weighted by Gasteiger charge is -2.07. The summed E-state index contributed by atoms with van der Waals surface area (Å²) in [7, 11) is 1.88. The molecule has 0 aliphatic heterocycles. The van der Waals surface area contributed by atoms with Crippen LogP contribution in [0.4, 0.5) is 5.69 Å². The van der Waals surface area contributed by atoms with Gasteiger partial charge in [-0.25, -0.2) is 14.4 Å². The van der Waals surface area contributed by atoms with Crippen molar-refractivity contribution >= 4 is 34.1 Å². The summed E-state index contributed by atoms with van der Waals surface area (Å²) in [6.07, 6.45) is 0.845. The van der Waals surface area contributed by atoms with Crippen LogP contribution in [0.5, 0.6) is 0 Å². The SMILES string of the molecule is CCC(C)=Nn1c(-c2cccs2)csc1=Nc1c(C)n(C)n(-c2ccccc2)c1=O. The van der Waals surface area contributed by atoms with Crippen LogP contribution in [-0.2, 0) is 7.05 Å². The number of thiazole rings is 1. The van der Waals surface area contributed by atoms with Gasteiger partial charge in [0.1, 0.15) is 0 Å². The van der Waals surface area contributed by atoms with Crippen LogP contribution in [0.1, 0.15) is 26.0 Å². The molecule has 0 atom stereocenters. The lowest BCUT2D eigenvalue weighted by atomic mass is 10.3. The Morgan fingerprint density at radius 3 is 2.53 bits per heavy atom. The normalized spacial score (nSPS) is 12.7. The lowest BCUT2D eigenvalue weighted by Crippen LogP contribution is -2.20. The second-order valence-corrected chi connectivity index (χ2v) is 8.69. The van der Waals surface area contributed by atoms with Crippen molar-refractivity contribution in [3.63, 3.8) is 0 Å². The summed E-state index contributed by atoms with van der Waals surface area (Å²) < 4.78 is 5.34. The third-order valence-corrected chi connectivity index (χ3v) is 6.68. The van der Waals surface area contributed by atoms with Crippen LogP contribution in [0, 0.1) is 6.92 Å². The van der Waals surface area contributed by atoms with Gasteiger partial charge in [-0.3, -0.25) is 9.48 Å². The fourth-order valence-electron chi connectivity index (χ4n) is 3.09. The fourth-order valence-corrected chi connectivity index (χ4v) is 4.72. The number of hydrogen-bond acceptors (Lipinski definition) is 5. The van der Waals surface area contributed by atoms with E-state index in [1.165, 1.54) is 11.3 Å². The molecule has 0 saturated heterocycles. The molecule has 0 radical (unpaired) electrons. The Balaban J connectivity index is 1.95. The van der Waals surface area contributed by atoms with E-state index in [9.17, 15) is 4.79 Å². The maximum atomic E-state index is 13.3. The largest absolute Gasteiger partial charge is 0.297 e. The average Bonchev–Trinajstić information content (AvgIpc) is 3.46. The number of aromatic nitrogens is 3. The summed E-state index contributed by atoms with van der Waals surface area (Å²) in [6.45, 7) is 5.99. The van der Waals surface area contributed by atoms with Crippen LogP contribution in [0.2, 0.25) is 0 Å². The Bertz CT molecular complexity index is 1320. The smallest absolute Gasteiger partial charge is 0.283 e. The molecule has 0 aliphatic carbocycles. The molecule has 0 amide bonds. The Morgan fingerprint density at radius 1 is 1.10 bits per heavy atom. The van der Waals surface area contributed by atoms with Gasteiger partial charge in [0.15, 0.2) is 5.69 Å². The lowest BCUT2D eigenvalue weighted by molar-refractivity contribution is 0.630. The second kappa shape index (κ2) is 8.41. The monoisotopic (exact) mass is 437 g/mol. The minimum absolute atomic E-state index is 0.144. The first-order valence-corrected chi connectivity index (χ1v) is 11.4. The van der Waals surface area contributed by atoms with Gasteiger partial charge in [0, 0.05) is 18.1 Å². The van der Waals surface area contributed by atoms with Crippen LogP contribution in [-0.4, -0.2) is 19.8 Å². The maximum Gasteiger partial charge on any atom is 0.297 e. The average molecular weight is 438 g/mol. The summed E-state index contributed by atoms with van der Waals surface area (Å²) >= 11 is 3.15. The zero-order valence-electron chi connectivity index (χ0n) is 17.4. The van der Waals surface area contributed by atoms with Crippen molar-refractivity contribution < 1.29 is 0 Å². The van der Waals surface area contributed by atoms with Crippen molar-refractivity contribution in [2.75, 3.05) is 0 Å². The summed E-state index contributed by atoms with van der Waals surface area (Å²) in [4.78, 5) is 19.8.